The van der Waals surface area contributed by atoms with Crippen molar-refractivity contribution in [1.29, 1.82) is 0 Å². The molecule has 1 aromatic carbocycles. The maximum atomic E-state index is 13.3. The lowest BCUT2D eigenvalue weighted by atomic mass is 9.99. The van der Waals surface area contributed by atoms with E-state index < -0.39 is 34.0 Å². The van der Waals surface area contributed by atoms with Crippen LogP contribution in [0.1, 0.15) is 6.92 Å². The van der Waals surface area contributed by atoms with Crippen LogP contribution in [0.4, 0.5) is 5.82 Å². The third-order valence-electron chi connectivity index (χ3n) is 4.79. The number of carbonyl (C=O) groups excluding carboxylic acids is 2. The van der Waals surface area contributed by atoms with Gasteiger partial charge < -0.3 is 9.47 Å². The van der Waals surface area contributed by atoms with Crippen molar-refractivity contribution in [2.24, 2.45) is 0 Å². The van der Waals surface area contributed by atoms with Gasteiger partial charge in [-0.1, -0.05) is 6.07 Å². The van der Waals surface area contributed by atoms with Gasteiger partial charge in [-0.3, -0.25) is 9.69 Å². The number of methoxy groups -OCH3 is 2. The van der Waals surface area contributed by atoms with E-state index in [-0.39, 0.29) is 11.4 Å². The van der Waals surface area contributed by atoms with E-state index in [1.165, 1.54) is 56.5 Å². The van der Waals surface area contributed by atoms with Crippen molar-refractivity contribution in [1.82, 2.24) is 9.29 Å². The molecule has 0 aliphatic carbocycles. The quantitative estimate of drug-likeness (QED) is 0.667. The molecule has 1 atom stereocenters. The Hall–Kier alpha value is -2.98. The van der Waals surface area contributed by atoms with E-state index in [1.54, 1.807) is 18.2 Å². The zero-order valence-electron chi connectivity index (χ0n) is 16.2. The molecule has 2 heterocycles. The van der Waals surface area contributed by atoms with Gasteiger partial charge in [-0.25, -0.2) is 18.2 Å². The van der Waals surface area contributed by atoms with Gasteiger partial charge in [-0.15, -0.1) is 0 Å². The molecule has 1 unspecified atom stereocenters. The number of pyridine rings is 1. The average molecular weight is 419 g/mol. The smallest absolute Gasteiger partial charge is 0.328 e. The third-order valence-corrected chi connectivity index (χ3v) is 6.77. The summed E-state index contributed by atoms with van der Waals surface area (Å²) in [5, 5.41) is 0. The lowest BCUT2D eigenvalue weighted by Crippen LogP contribution is -2.68. The number of sulfonamides is 1. The fraction of sp³-hybridized carbons (Fsp3) is 0.316. The zero-order valence-corrected chi connectivity index (χ0v) is 17.0. The molecule has 10 heteroatoms. The Bertz CT molecular complexity index is 1010. The highest BCUT2D eigenvalue weighted by Gasteiger charge is 2.53. The van der Waals surface area contributed by atoms with Crippen molar-refractivity contribution < 1.29 is 27.5 Å². The van der Waals surface area contributed by atoms with Gasteiger partial charge in [0.25, 0.3) is 0 Å². The highest BCUT2D eigenvalue weighted by atomic mass is 32.2. The molecule has 1 aliphatic rings. The first-order chi connectivity index (χ1) is 13.7. The molecule has 0 saturated carbocycles. The minimum atomic E-state index is -4.18. The van der Waals surface area contributed by atoms with E-state index in [9.17, 15) is 18.0 Å². The first-order valence-electron chi connectivity index (χ1n) is 8.71. The fourth-order valence-corrected chi connectivity index (χ4v) is 4.87. The Kier molecular flexibility index (Phi) is 5.58. The van der Waals surface area contributed by atoms with Crippen LogP contribution in [-0.2, 0) is 24.3 Å². The van der Waals surface area contributed by atoms with Crippen LogP contribution in [-0.4, -0.2) is 62.4 Å². The molecule has 0 N–H and O–H groups in total. The van der Waals surface area contributed by atoms with Crippen LogP contribution < -0.4 is 9.64 Å². The zero-order chi connectivity index (χ0) is 21.2. The summed E-state index contributed by atoms with van der Waals surface area (Å²) in [6.45, 7) is 0.670. The number of ether oxygens (including phenoxy) is 2. The Labute approximate surface area is 168 Å². The van der Waals surface area contributed by atoms with Crippen molar-refractivity contribution in [2.45, 2.75) is 17.4 Å². The van der Waals surface area contributed by atoms with Gasteiger partial charge in [-0.05, 0) is 43.3 Å². The van der Waals surface area contributed by atoms with E-state index >= 15 is 0 Å². The molecular weight excluding hydrogens is 398 g/mol. The normalized spacial score (nSPS) is 20.4. The van der Waals surface area contributed by atoms with Crippen LogP contribution in [0.5, 0.6) is 5.75 Å². The van der Waals surface area contributed by atoms with Gasteiger partial charge in [0.2, 0.25) is 15.9 Å². The summed E-state index contributed by atoms with van der Waals surface area (Å²) >= 11 is 0. The predicted molar refractivity (Wildman–Crippen MR) is 104 cm³/mol. The summed E-state index contributed by atoms with van der Waals surface area (Å²) in [4.78, 5) is 30.8. The van der Waals surface area contributed by atoms with Gasteiger partial charge in [0.15, 0.2) is 0 Å². The molecule has 154 valence electrons. The Morgan fingerprint density at radius 2 is 1.83 bits per heavy atom. The largest absolute Gasteiger partial charge is 0.497 e. The predicted octanol–water partition coefficient (Wildman–Crippen LogP) is 1.06. The van der Waals surface area contributed by atoms with E-state index in [0.717, 1.165) is 4.31 Å². The summed E-state index contributed by atoms with van der Waals surface area (Å²) in [5.74, 6) is -0.463. The van der Waals surface area contributed by atoms with Gasteiger partial charge in [0, 0.05) is 6.20 Å². The van der Waals surface area contributed by atoms with Crippen LogP contribution >= 0.6 is 0 Å². The minimum Gasteiger partial charge on any atom is -0.497 e. The summed E-state index contributed by atoms with van der Waals surface area (Å²) in [5.41, 5.74) is -1.64. The molecule has 1 saturated heterocycles. The number of carbonyl (C=O) groups is 2. The summed E-state index contributed by atoms with van der Waals surface area (Å²) in [6.07, 6.45) is 1.51. The maximum Gasteiger partial charge on any atom is 0.328 e. The first-order valence-corrected chi connectivity index (χ1v) is 10.1. The van der Waals surface area contributed by atoms with Gasteiger partial charge >= 0.3 is 5.97 Å². The van der Waals surface area contributed by atoms with Crippen molar-refractivity contribution in [3.8, 4) is 5.75 Å². The molecular formula is C19H21N3O6S. The Morgan fingerprint density at radius 3 is 2.38 bits per heavy atom. The summed E-state index contributed by atoms with van der Waals surface area (Å²) < 4.78 is 37.4. The van der Waals surface area contributed by atoms with Crippen LogP contribution in [0.15, 0.2) is 53.6 Å². The topological polar surface area (TPSA) is 106 Å². The number of rotatable bonds is 5. The molecule has 0 spiro atoms. The molecule has 1 amide bonds. The van der Waals surface area contributed by atoms with E-state index in [4.69, 9.17) is 9.47 Å². The number of piperazine rings is 1. The highest BCUT2D eigenvalue weighted by molar-refractivity contribution is 7.89. The molecule has 1 aliphatic heterocycles. The van der Waals surface area contributed by atoms with Crippen molar-refractivity contribution in [3.05, 3.63) is 48.7 Å². The van der Waals surface area contributed by atoms with E-state index in [1.807, 2.05) is 0 Å². The van der Waals surface area contributed by atoms with Crippen LogP contribution in [0, 0.1) is 0 Å². The van der Waals surface area contributed by atoms with Gasteiger partial charge in [0.05, 0.1) is 32.2 Å². The van der Waals surface area contributed by atoms with Gasteiger partial charge in [-0.2, -0.15) is 4.31 Å². The van der Waals surface area contributed by atoms with Crippen LogP contribution in [0.2, 0.25) is 0 Å². The number of esters is 1. The highest BCUT2D eigenvalue weighted by Crippen LogP contribution is 2.32. The number of anilines is 1. The lowest BCUT2D eigenvalue weighted by Gasteiger charge is -2.44. The fourth-order valence-electron chi connectivity index (χ4n) is 3.19. The summed E-state index contributed by atoms with van der Waals surface area (Å²) in [6, 6.07) is 10.7. The second kappa shape index (κ2) is 7.80. The lowest BCUT2D eigenvalue weighted by molar-refractivity contribution is -0.152. The molecule has 3 rings (SSSR count). The number of aromatic nitrogens is 1. The van der Waals surface area contributed by atoms with Gasteiger partial charge in [0.1, 0.15) is 17.1 Å². The third kappa shape index (κ3) is 3.68. The number of benzene rings is 1. The second-order valence-corrected chi connectivity index (χ2v) is 8.48. The molecule has 29 heavy (non-hydrogen) atoms. The standard InChI is InChI=1S/C19H21N3O6S/c1-19(18(24)28-3)13-21(16-6-4-5-11-20-16)17(23)12-22(19)29(25,26)15-9-7-14(27-2)8-10-15/h4-11H,12-13H2,1-3H3. The molecule has 9 nitrogen and oxygen atoms in total. The molecule has 0 bridgehead atoms. The molecule has 0 radical (unpaired) electrons. The Balaban J connectivity index is 2.05. The van der Waals surface area contributed by atoms with E-state index in [0.29, 0.717) is 11.6 Å². The minimum absolute atomic E-state index is 0.0625. The number of amides is 1. The molecule has 2 aromatic rings. The SMILES string of the molecule is COC(=O)C1(C)CN(c2ccccn2)C(=O)CN1S(=O)(=O)c1ccc(OC)cc1. The Morgan fingerprint density at radius 1 is 1.14 bits per heavy atom. The van der Waals surface area contributed by atoms with Crippen LogP contribution in [0.3, 0.4) is 0 Å². The van der Waals surface area contributed by atoms with Crippen molar-refractivity contribution in [2.75, 3.05) is 32.2 Å². The monoisotopic (exact) mass is 419 g/mol. The van der Waals surface area contributed by atoms with Crippen molar-refractivity contribution in [3.63, 3.8) is 0 Å². The van der Waals surface area contributed by atoms with Crippen LogP contribution in [0.25, 0.3) is 0 Å². The second-order valence-electron chi connectivity index (χ2n) is 6.62. The van der Waals surface area contributed by atoms with E-state index in [2.05, 4.69) is 4.98 Å². The summed E-state index contributed by atoms with van der Waals surface area (Å²) in [7, 11) is -1.54. The maximum absolute atomic E-state index is 13.3. The van der Waals surface area contributed by atoms with Crippen molar-refractivity contribution >= 4 is 27.7 Å². The number of hydrogen-bond acceptors (Lipinski definition) is 7. The molecule has 1 aromatic heterocycles. The number of hydrogen-bond donors (Lipinski definition) is 0. The first kappa shape index (κ1) is 20.7. The molecule has 1 fully saturated rings. The average Bonchev–Trinajstić information content (AvgIpc) is 2.75. The number of nitrogens with zero attached hydrogens (tertiary/aromatic N) is 3.